The molecule has 4 aliphatic carbocycles. The normalized spacial score (nSPS) is 54.2. The van der Waals surface area contributed by atoms with Crippen LogP contribution in [0.15, 0.2) is 0 Å². The van der Waals surface area contributed by atoms with Gasteiger partial charge in [-0.1, -0.05) is 27.7 Å². The molecule has 0 bridgehead atoms. The fourth-order valence-electron chi connectivity index (χ4n) is 7.85. The second-order valence-corrected chi connectivity index (χ2v) is 10.6. The van der Waals surface area contributed by atoms with Crippen LogP contribution in [-0.2, 0) is 0 Å². The Morgan fingerprint density at radius 1 is 0.875 bits per heavy atom. The van der Waals surface area contributed by atoms with E-state index in [1.54, 1.807) is 0 Å². The zero-order valence-corrected chi connectivity index (χ0v) is 16.4. The van der Waals surface area contributed by atoms with Crippen LogP contribution in [0.2, 0.25) is 0 Å². The molecule has 2 N–H and O–H groups in total. The molecule has 0 aliphatic heterocycles. The standard InChI is InChI=1S/C22H39NO/c1-14(2)23-16-9-11-21(3)15(13-16)5-6-17-18-7-8-20(24)22(18,4)12-10-19(17)21/h14-20,23-24H,5-13H2,1-4H3/t15-,16-,17-,18-,19-,20-,21-,22-/m0/s1. The Morgan fingerprint density at radius 2 is 1.58 bits per heavy atom. The molecule has 0 amide bonds. The summed E-state index contributed by atoms with van der Waals surface area (Å²) >= 11 is 0. The van der Waals surface area contributed by atoms with Gasteiger partial charge in [-0.2, -0.15) is 0 Å². The molecule has 2 nitrogen and oxygen atoms in total. The third kappa shape index (κ3) is 2.50. The number of hydrogen-bond donors (Lipinski definition) is 2. The number of aliphatic hydroxyl groups is 1. The van der Waals surface area contributed by atoms with E-state index in [1.807, 2.05) is 0 Å². The van der Waals surface area contributed by atoms with Crippen molar-refractivity contribution in [2.75, 3.05) is 0 Å². The van der Waals surface area contributed by atoms with E-state index in [1.165, 1.54) is 51.4 Å². The monoisotopic (exact) mass is 333 g/mol. The topological polar surface area (TPSA) is 32.3 Å². The van der Waals surface area contributed by atoms with Gasteiger partial charge in [-0.3, -0.25) is 0 Å². The highest BCUT2D eigenvalue weighted by atomic mass is 16.3. The first-order valence-corrected chi connectivity index (χ1v) is 10.8. The van der Waals surface area contributed by atoms with Gasteiger partial charge in [0.25, 0.3) is 0 Å². The van der Waals surface area contributed by atoms with Crippen molar-refractivity contribution in [2.24, 2.45) is 34.5 Å². The van der Waals surface area contributed by atoms with Gasteiger partial charge in [-0.05, 0) is 92.3 Å². The van der Waals surface area contributed by atoms with Crippen LogP contribution in [0.1, 0.15) is 85.5 Å². The minimum absolute atomic E-state index is 0.0278. The maximum absolute atomic E-state index is 10.6. The van der Waals surface area contributed by atoms with Crippen LogP contribution in [0.25, 0.3) is 0 Å². The first kappa shape index (κ1) is 17.3. The Morgan fingerprint density at radius 3 is 2.33 bits per heavy atom. The van der Waals surface area contributed by atoms with E-state index in [2.05, 4.69) is 33.0 Å². The molecule has 4 saturated carbocycles. The minimum Gasteiger partial charge on any atom is -0.393 e. The zero-order valence-electron chi connectivity index (χ0n) is 16.4. The molecule has 24 heavy (non-hydrogen) atoms. The fourth-order valence-corrected chi connectivity index (χ4v) is 7.85. The maximum atomic E-state index is 10.6. The lowest BCUT2D eigenvalue weighted by atomic mass is 9.45. The first-order valence-electron chi connectivity index (χ1n) is 10.8. The summed E-state index contributed by atoms with van der Waals surface area (Å²) in [6.45, 7) is 9.63. The number of fused-ring (bicyclic) bond motifs is 5. The molecule has 0 saturated heterocycles. The Bertz CT molecular complexity index is 477. The molecular formula is C22H39NO. The second kappa shape index (κ2) is 5.98. The van der Waals surface area contributed by atoms with Crippen molar-refractivity contribution in [3.05, 3.63) is 0 Å². The van der Waals surface area contributed by atoms with Crippen molar-refractivity contribution < 1.29 is 5.11 Å². The van der Waals surface area contributed by atoms with E-state index in [9.17, 15) is 5.11 Å². The summed E-state index contributed by atoms with van der Waals surface area (Å²) < 4.78 is 0. The van der Waals surface area contributed by atoms with Crippen molar-refractivity contribution in [3.8, 4) is 0 Å². The molecule has 138 valence electrons. The van der Waals surface area contributed by atoms with E-state index >= 15 is 0 Å². The van der Waals surface area contributed by atoms with Crippen molar-refractivity contribution in [1.82, 2.24) is 5.32 Å². The number of hydrogen-bond acceptors (Lipinski definition) is 2. The highest BCUT2D eigenvalue weighted by Crippen LogP contribution is 2.66. The lowest BCUT2D eigenvalue weighted by molar-refractivity contribution is -0.124. The number of aliphatic hydroxyl groups excluding tert-OH is 1. The fraction of sp³-hybridized carbons (Fsp3) is 1.00. The first-order chi connectivity index (χ1) is 11.3. The molecule has 4 rings (SSSR count). The van der Waals surface area contributed by atoms with E-state index in [0.29, 0.717) is 11.5 Å². The molecule has 0 heterocycles. The minimum atomic E-state index is -0.0278. The van der Waals surface area contributed by atoms with Crippen molar-refractivity contribution >= 4 is 0 Å². The maximum Gasteiger partial charge on any atom is 0.0596 e. The summed E-state index contributed by atoms with van der Waals surface area (Å²) in [5, 5.41) is 14.4. The summed E-state index contributed by atoms with van der Waals surface area (Å²) in [4.78, 5) is 0. The highest BCUT2D eigenvalue weighted by Gasteiger charge is 2.59. The SMILES string of the molecule is CC(C)N[C@H]1CC[C@@]2(C)[C@@H](CC[C@@H]3[C@@H]2CC[C@]2(C)[C@@H](O)CC[C@@H]32)C1. The lowest BCUT2D eigenvalue weighted by Gasteiger charge is -2.61. The molecule has 2 heteroatoms. The van der Waals surface area contributed by atoms with Crippen molar-refractivity contribution in [3.63, 3.8) is 0 Å². The highest BCUT2D eigenvalue weighted by molar-refractivity contribution is 5.09. The average Bonchev–Trinajstić information content (AvgIpc) is 2.83. The third-order valence-corrected chi connectivity index (χ3v) is 9.18. The van der Waals surface area contributed by atoms with E-state index < -0.39 is 0 Å². The number of rotatable bonds is 2. The van der Waals surface area contributed by atoms with Crippen LogP contribution in [0.3, 0.4) is 0 Å². The van der Waals surface area contributed by atoms with Gasteiger partial charge in [0.05, 0.1) is 6.10 Å². The Hall–Kier alpha value is -0.0800. The van der Waals surface area contributed by atoms with Gasteiger partial charge >= 0.3 is 0 Å². The van der Waals surface area contributed by atoms with Crippen molar-refractivity contribution in [1.29, 1.82) is 0 Å². The summed E-state index contributed by atoms with van der Waals surface area (Å²) in [5.41, 5.74) is 0.813. The van der Waals surface area contributed by atoms with Crippen molar-refractivity contribution in [2.45, 2.75) is 104 Å². The van der Waals surface area contributed by atoms with E-state index in [4.69, 9.17) is 0 Å². The molecule has 4 fully saturated rings. The lowest BCUT2D eigenvalue weighted by Crippen LogP contribution is -2.55. The molecule has 0 aromatic heterocycles. The summed E-state index contributed by atoms with van der Waals surface area (Å²) in [6.07, 6.45) is 12.1. The molecule has 4 aliphatic rings. The quantitative estimate of drug-likeness (QED) is 0.764. The summed E-state index contributed by atoms with van der Waals surface area (Å²) in [5.74, 6) is 3.56. The van der Waals surface area contributed by atoms with E-state index in [-0.39, 0.29) is 11.5 Å². The van der Waals surface area contributed by atoms with Crippen LogP contribution >= 0.6 is 0 Å². The van der Waals surface area contributed by atoms with Crippen LogP contribution < -0.4 is 5.32 Å². The Balaban J connectivity index is 1.52. The van der Waals surface area contributed by atoms with Gasteiger partial charge in [-0.15, -0.1) is 0 Å². The largest absolute Gasteiger partial charge is 0.393 e. The van der Waals surface area contributed by atoms with E-state index in [0.717, 1.165) is 36.1 Å². The van der Waals surface area contributed by atoms with Gasteiger partial charge in [0.15, 0.2) is 0 Å². The van der Waals surface area contributed by atoms with Gasteiger partial charge in [0.2, 0.25) is 0 Å². The summed E-state index contributed by atoms with van der Waals surface area (Å²) in [6, 6.07) is 1.37. The van der Waals surface area contributed by atoms with Gasteiger partial charge in [0.1, 0.15) is 0 Å². The molecular weight excluding hydrogens is 294 g/mol. The molecule has 0 radical (unpaired) electrons. The predicted molar refractivity (Wildman–Crippen MR) is 99.8 cm³/mol. The van der Waals surface area contributed by atoms with Crippen LogP contribution in [-0.4, -0.2) is 23.3 Å². The Labute approximate surface area is 149 Å². The molecule has 0 aromatic rings. The predicted octanol–water partition coefficient (Wildman–Crippen LogP) is 4.76. The average molecular weight is 334 g/mol. The zero-order chi connectivity index (χ0) is 17.1. The Kier molecular flexibility index (Phi) is 4.32. The smallest absolute Gasteiger partial charge is 0.0596 e. The molecule has 0 unspecified atom stereocenters. The summed E-state index contributed by atoms with van der Waals surface area (Å²) in [7, 11) is 0. The number of nitrogens with one attached hydrogen (secondary N) is 1. The van der Waals surface area contributed by atoms with Gasteiger partial charge in [0, 0.05) is 12.1 Å². The molecule has 8 atom stereocenters. The molecule has 0 aromatic carbocycles. The third-order valence-electron chi connectivity index (χ3n) is 9.18. The second-order valence-electron chi connectivity index (χ2n) is 10.6. The van der Waals surface area contributed by atoms with Crippen LogP contribution in [0, 0.1) is 34.5 Å². The van der Waals surface area contributed by atoms with Crippen LogP contribution in [0.5, 0.6) is 0 Å². The molecule has 0 spiro atoms. The van der Waals surface area contributed by atoms with Crippen LogP contribution in [0.4, 0.5) is 0 Å². The van der Waals surface area contributed by atoms with Gasteiger partial charge < -0.3 is 10.4 Å². The van der Waals surface area contributed by atoms with Gasteiger partial charge in [-0.25, -0.2) is 0 Å².